The fraction of sp³-hybridized carbons (Fsp3) is 0.417. The molecule has 0 bridgehead atoms. The van der Waals surface area contributed by atoms with Crippen LogP contribution in [0.5, 0.6) is 0 Å². The van der Waals surface area contributed by atoms with Crippen molar-refractivity contribution < 1.29 is 9.90 Å². The molecule has 8 nitrogen and oxygen atoms in total. The first-order chi connectivity index (χ1) is 16.0. The van der Waals surface area contributed by atoms with Gasteiger partial charge in [-0.25, -0.2) is 9.50 Å². The Morgan fingerprint density at radius 1 is 1.27 bits per heavy atom. The minimum absolute atomic E-state index is 0.0826. The van der Waals surface area contributed by atoms with Gasteiger partial charge in [-0.2, -0.15) is 10.4 Å². The molecule has 33 heavy (non-hydrogen) atoms. The van der Waals surface area contributed by atoms with Crippen molar-refractivity contribution >= 4 is 29.0 Å². The summed E-state index contributed by atoms with van der Waals surface area (Å²) in [5.74, 6) is 0.244. The molecule has 2 fully saturated rings. The molecular formula is C24H25ClN6O2. The van der Waals surface area contributed by atoms with Gasteiger partial charge in [-0.05, 0) is 38.3 Å². The van der Waals surface area contributed by atoms with Crippen molar-refractivity contribution in [2.45, 2.75) is 38.3 Å². The molecule has 0 unspecified atom stereocenters. The number of halogens is 1. The fourth-order valence-corrected chi connectivity index (χ4v) is 5.08. The molecule has 2 aromatic heterocycles. The lowest BCUT2D eigenvalue weighted by atomic mass is 9.98. The van der Waals surface area contributed by atoms with Crippen LogP contribution in [0.2, 0.25) is 5.02 Å². The van der Waals surface area contributed by atoms with Crippen LogP contribution in [0.4, 0.5) is 5.82 Å². The van der Waals surface area contributed by atoms with E-state index in [1.165, 1.54) is 0 Å². The van der Waals surface area contributed by atoms with Gasteiger partial charge in [0.05, 0.1) is 40.4 Å². The van der Waals surface area contributed by atoms with Crippen LogP contribution in [0.15, 0.2) is 36.5 Å². The normalized spacial score (nSPS) is 23.2. The van der Waals surface area contributed by atoms with E-state index in [0.717, 1.165) is 36.3 Å². The zero-order valence-corrected chi connectivity index (χ0v) is 19.1. The van der Waals surface area contributed by atoms with Gasteiger partial charge < -0.3 is 14.9 Å². The molecule has 2 saturated heterocycles. The number of rotatable bonds is 3. The van der Waals surface area contributed by atoms with Crippen molar-refractivity contribution in [1.29, 1.82) is 5.26 Å². The second-order valence-electron chi connectivity index (χ2n) is 8.82. The highest BCUT2D eigenvalue weighted by Gasteiger charge is 2.34. The van der Waals surface area contributed by atoms with Gasteiger partial charge in [0.1, 0.15) is 5.82 Å². The predicted molar refractivity (Wildman–Crippen MR) is 124 cm³/mol. The number of likely N-dealkylation sites (tertiary alicyclic amines) is 1. The maximum absolute atomic E-state index is 13.3. The first-order valence-corrected chi connectivity index (χ1v) is 11.6. The van der Waals surface area contributed by atoms with Crippen molar-refractivity contribution in [3.05, 3.63) is 58.4 Å². The molecule has 0 saturated carbocycles. The van der Waals surface area contributed by atoms with Gasteiger partial charge in [0.15, 0.2) is 5.65 Å². The first kappa shape index (κ1) is 21.7. The van der Waals surface area contributed by atoms with Crippen molar-refractivity contribution in [2.75, 3.05) is 24.5 Å². The molecule has 3 atom stereocenters. The molecule has 4 heterocycles. The lowest BCUT2D eigenvalue weighted by Gasteiger charge is -2.35. The highest BCUT2D eigenvalue weighted by Crippen LogP contribution is 2.34. The summed E-state index contributed by atoms with van der Waals surface area (Å²) >= 11 is 6.30. The maximum Gasteiger partial charge on any atom is 0.255 e. The minimum atomic E-state index is -0.681. The van der Waals surface area contributed by atoms with Crippen molar-refractivity contribution in [3.63, 3.8) is 0 Å². The van der Waals surface area contributed by atoms with E-state index in [2.05, 4.69) is 6.07 Å². The smallest absolute Gasteiger partial charge is 0.255 e. The van der Waals surface area contributed by atoms with Crippen LogP contribution in [0.1, 0.15) is 46.9 Å². The third-order valence-electron chi connectivity index (χ3n) is 6.59. The van der Waals surface area contributed by atoms with E-state index in [4.69, 9.17) is 21.7 Å². The number of aliphatic hydroxyl groups excluding tert-OH is 1. The molecule has 5 rings (SSSR count). The zero-order chi connectivity index (χ0) is 23.1. The van der Waals surface area contributed by atoms with E-state index in [1.54, 1.807) is 16.6 Å². The number of anilines is 1. The summed E-state index contributed by atoms with van der Waals surface area (Å²) in [6, 6.07) is 11.1. The van der Waals surface area contributed by atoms with E-state index < -0.39 is 12.0 Å². The van der Waals surface area contributed by atoms with Gasteiger partial charge in [-0.3, -0.25) is 4.79 Å². The Kier molecular flexibility index (Phi) is 5.69. The van der Waals surface area contributed by atoms with Crippen LogP contribution in [-0.2, 0) is 0 Å². The highest BCUT2D eigenvalue weighted by atomic mass is 35.5. The fourth-order valence-electron chi connectivity index (χ4n) is 4.86. The van der Waals surface area contributed by atoms with Crippen LogP contribution < -0.4 is 4.90 Å². The number of piperidine rings is 1. The number of hydrogen-bond acceptors (Lipinski definition) is 6. The summed E-state index contributed by atoms with van der Waals surface area (Å²) in [6.45, 7) is 3.43. The number of carbonyl (C=O) groups is 1. The molecule has 1 amide bonds. The summed E-state index contributed by atoms with van der Waals surface area (Å²) in [4.78, 5) is 21.9. The number of benzene rings is 1. The van der Waals surface area contributed by atoms with Gasteiger partial charge in [-0.15, -0.1) is 0 Å². The highest BCUT2D eigenvalue weighted by molar-refractivity contribution is 6.33. The average molecular weight is 465 g/mol. The second-order valence-corrected chi connectivity index (χ2v) is 9.22. The van der Waals surface area contributed by atoms with Gasteiger partial charge in [0, 0.05) is 37.5 Å². The van der Waals surface area contributed by atoms with Crippen LogP contribution in [0.25, 0.3) is 5.65 Å². The number of carbonyl (C=O) groups excluding carboxylic acids is 1. The average Bonchev–Trinajstić information content (AvgIpc) is 3.40. The van der Waals surface area contributed by atoms with Crippen molar-refractivity contribution in [2.24, 2.45) is 5.92 Å². The molecule has 2 aliphatic heterocycles. The Hall–Kier alpha value is -3.15. The molecule has 1 N–H and O–H groups in total. The van der Waals surface area contributed by atoms with Crippen LogP contribution in [-0.4, -0.2) is 56.2 Å². The summed E-state index contributed by atoms with van der Waals surface area (Å²) in [5, 5.41) is 24.6. The molecule has 170 valence electrons. The Bertz CT molecular complexity index is 1250. The molecular weight excluding hydrogens is 440 g/mol. The second kappa shape index (κ2) is 8.65. The third-order valence-corrected chi connectivity index (χ3v) is 6.92. The Balaban J connectivity index is 1.47. The quantitative estimate of drug-likeness (QED) is 0.638. The molecule has 3 aromatic rings. The van der Waals surface area contributed by atoms with Gasteiger partial charge in [-0.1, -0.05) is 23.7 Å². The van der Waals surface area contributed by atoms with E-state index >= 15 is 0 Å². The SMILES string of the molecule is Cc1cn2nc([C@@H]3CCCCN3C(=O)c3ccccc3Cl)cc2nc1N1C[C@@H](C#N)[C@@H](O)C1. The largest absolute Gasteiger partial charge is 0.390 e. The lowest BCUT2D eigenvalue weighted by molar-refractivity contribution is 0.0606. The van der Waals surface area contributed by atoms with Crippen LogP contribution >= 0.6 is 11.6 Å². The number of fused-ring (bicyclic) bond motifs is 1. The standard InChI is InChI=1S/C24H25ClN6O2/c1-15-12-31-22(27-23(15)29-13-16(11-26)21(32)14-29)10-19(28-31)20-8-4-5-9-30(20)24(33)17-6-2-3-7-18(17)25/h2-3,6-7,10,12,16,20-21,32H,4-5,8-9,13-14H2,1H3/t16-,20+,21+/m1/s1. The lowest BCUT2D eigenvalue weighted by Crippen LogP contribution is -2.38. The molecule has 0 radical (unpaired) electrons. The van der Waals surface area contributed by atoms with E-state index in [-0.39, 0.29) is 11.9 Å². The molecule has 0 spiro atoms. The van der Waals surface area contributed by atoms with Gasteiger partial charge in [0.2, 0.25) is 0 Å². The Labute approximate surface area is 197 Å². The first-order valence-electron chi connectivity index (χ1n) is 11.2. The third kappa shape index (κ3) is 3.92. The number of β-amino-alcohol motifs (C(OH)–C–C–N with tert-alkyl or cyclic N) is 1. The Morgan fingerprint density at radius 2 is 2.09 bits per heavy atom. The Morgan fingerprint density at radius 3 is 2.85 bits per heavy atom. The molecule has 9 heteroatoms. The number of aliphatic hydroxyl groups is 1. The molecule has 2 aliphatic rings. The van der Waals surface area contributed by atoms with Gasteiger partial charge >= 0.3 is 0 Å². The molecule has 1 aromatic carbocycles. The topological polar surface area (TPSA) is 97.8 Å². The number of nitrogens with zero attached hydrogens (tertiary/aromatic N) is 6. The summed E-state index contributed by atoms with van der Waals surface area (Å²) in [5.41, 5.74) is 2.90. The van der Waals surface area contributed by atoms with Crippen molar-refractivity contribution in [1.82, 2.24) is 19.5 Å². The predicted octanol–water partition coefficient (Wildman–Crippen LogP) is 3.38. The minimum Gasteiger partial charge on any atom is -0.390 e. The number of amides is 1. The summed E-state index contributed by atoms with van der Waals surface area (Å²) in [7, 11) is 0. The number of aromatic nitrogens is 3. The maximum atomic E-state index is 13.3. The van der Waals surface area contributed by atoms with Gasteiger partial charge in [0.25, 0.3) is 5.91 Å². The van der Waals surface area contributed by atoms with E-state index in [1.807, 2.05) is 41.1 Å². The zero-order valence-electron chi connectivity index (χ0n) is 18.4. The number of hydrogen-bond donors (Lipinski definition) is 1. The summed E-state index contributed by atoms with van der Waals surface area (Å²) < 4.78 is 1.75. The van der Waals surface area contributed by atoms with E-state index in [0.29, 0.717) is 35.9 Å². The monoisotopic (exact) mass is 464 g/mol. The van der Waals surface area contributed by atoms with Crippen molar-refractivity contribution in [3.8, 4) is 6.07 Å². The van der Waals surface area contributed by atoms with Crippen LogP contribution in [0.3, 0.4) is 0 Å². The molecule has 0 aliphatic carbocycles. The number of aryl methyl sites for hydroxylation is 1. The number of nitriles is 1. The van der Waals surface area contributed by atoms with E-state index in [9.17, 15) is 15.2 Å². The van der Waals surface area contributed by atoms with Crippen LogP contribution in [0, 0.1) is 24.2 Å². The summed E-state index contributed by atoms with van der Waals surface area (Å²) in [6.07, 6.45) is 4.02.